The van der Waals surface area contributed by atoms with E-state index in [0.29, 0.717) is 18.0 Å². The van der Waals surface area contributed by atoms with Gasteiger partial charge in [-0.3, -0.25) is 4.40 Å². The van der Waals surface area contributed by atoms with Gasteiger partial charge in [0, 0.05) is 25.3 Å². The van der Waals surface area contributed by atoms with Crippen molar-refractivity contribution in [1.82, 2.24) is 9.38 Å². The first-order valence-corrected chi connectivity index (χ1v) is 5.87. The largest absolute Gasteiger partial charge is 0.476 e. The molecule has 0 saturated carbocycles. The third-order valence-corrected chi connectivity index (χ3v) is 3.24. The SMILES string of the molecule is NC1CCN(c2nc3ccccn3c2C(=O)O)C1. The van der Waals surface area contributed by atoms with E-state index in [9.17, 15) is 9.90 Å². The molecule has 2 aromatic rings. The summed E-state index contributed by atoms with van der Waals surface area (Å²) in [7, 11) is 0. The molecule has 6 heteroatoms. The summed E-state index contributed by atoms with van der Waals surface area (Å²) in [6.07, 6.45) is 2.58. The Bertz CT molecular complexity index is 607. The van der Waals surface area contributed by atoms with Gasteiger partial charge in [-0.25, -0.2) is 9.78 Å². The van der Waals surface area contributed by atoms with Crippen LogP contribution in [0.15, 0.2) is 24.4 Å². The zero-order chi connectivity index (χ0) is 12.7. The number of carboxylic acids is 1. The van der Waals surface area contributed by atoms with Gasteiger partial charge in [0.2, 0.25) is 0 Å². The molecule has 6 nitrogen and oxygen atoms in total. The number of anilines is 1. The molecule has 1 aliphatic rings. The molecule has 1 fully saturated rings. The Balaban J connectivity index is 2.16. The summed E-state index contributed by atoms with van der Waals surface area (Å²) in [4.78, 5) is 17.8. The van der Waals surface area contributed by atoms with Crippen LogP contribution in [0.25, 0.3) is 5.65 Å². The number of hydrogen-bond acceptors (Lipinski definition) is 4. The van der Waals surface area contributed by atoms with E-state index in [1.165, 1.54) is 0 Å². The highest BCUT2D eigenvalue weighted by Crippen LogP contribution is 2.24. The van der Waals surface area contributed by atoms with Crippen molar-refractivity contribution in [3.05, 3.63) is 30.1 Å². The van der Waals surface area contributed by atoms with E-state index >= 15 is 0 Å². The molecule has 1 aliphatic heterocycles. The summed E-state index contributed by atoms with van der Waals surface area (Å²) in [5.41, 5.74) is 6.71. The number of imidazole rings is 1. The first-order valence-electron chi connectivity index (χ1n) is 5.87. The normalized spacial score (nSPS) is 19.6. The van der Waals surface area contributed by atoms with Gasteiger partial charge in [0.25, 0.3) is 0 Å². The molecule has 1 atom stereocenters. The minimum absolute atomic E-state index is 0.0939. The van der Waals surface area contributed by atoms with Gasteiger partial charge in [0.05, 0.1) is 0 Å². The van der Waals surface area contributed by atoms with Crippen molar-refractivity contribution >= 4 is 17.4 Å². The molecule has 94 valence electrons. The lowest BCUT2D eigenvalue weighted by atomic mass is 10.3. The van der Waals surface area contributed by atoms with Gasteiger partial charge < -0.3 is 15.7 Å². The first-order chi connectivity index (χ1) is 8.66. The number of carboxylic acid groups (broad SMARTS) is 1. The lowest BCUT2D eigenvalue weighted by Crippen LogP contribution is -2.27. The monoisotopic (exact) mass is 246 g/mol. The van der Waals surface area contributed by atoms with Crippen LogP contribution in [-0.2, 0) is 0 Å². The van der Waals surface area contributed by atoms with Gasteiger partial charge in [-0.15, -0.1) is 0 Å². The summed E-state index contributed by atoms with van der Waals surface area (Å²) < 4.78 is 1.60. The fourth-order valence-electron chi connectivity index (χ4n) is 2.38. The zero-order valence-electron chi connectivity index (χ0n) is 9.78. The highest BCUT2D eigenvalue weighted by molar-refractivity contribution is 5.93. The van der Waals surface area contributed by atoms with Crippen LogP contribution in [0.1, 0.15) is 16.9 Å². The molecule has 0 aromatic carbocycles. The van der Waals surface area contributed by atoms with E-state index < -0.39 is 5.97 Å². The number of fused-ring (bicyclic) bond motifs is 1. The third-order valence-electron chi connectivity index (χ3n) is 3.24. The molecule has 2 aromatic heterocycles. The van der Waals surface area contributed by atoms with Crippen molar-refractivity contribution in [2.45, 2.75) is 12.5 Å². The number of nitrogens with two attached hydrogens (primary N) is 1. The maximum absolute atomic E-state index is 11.4. The fourth-order valence-corrected chi connectivity index (χ4v) is 2.38. The smallest absolute Gasteiger partial charge is 0.356 e. The number of aromatic nitrogens is 2. The Hall–Kier alpha value is -2.08. The highest BCUT2D eigenvalue weighted by atomic mass is 16.4. The molecule has 3 N–H and O–H groups in total. The average molecular weight is 246 g/mol. The molecule has 3 heterocycles. The van der Waals surface area contributed by atoms with E-state index in [2.05, 4.69) is 4.98 Å². The van der Waals surface area contributed by atoms with Gasteiger partial charge in [-0.05, 0) is 18.6 Å². The maximum Gasteiger partial charge on any atom is 0.356 e. The van der Waals surface area contributed by atoms with Crippen LogP contribution in [0, 0.1) is 0 Å². The second kappa shape index (κ2) is 3.99. The quantitative estimate of drug-likeness (QED) is 0.809. The lowest BCUT2D eigenvalue weighted by molar-refractivity contribution is 0.0690. The second-order valence-electron chi connectivity index (χ2n) is 4.51. The molecule has 3 rings (SSSR count). The van der Waals surface area contributed by atoms with E-state index in [0.717, 1.165) is 13.0 Å². The summed E-state index contributed by atoms with van der Waals surface area (Å²) >= 11 is 0. The van der Waals surface area contributed by atoms with E-state index in [1.807, 2.05) is 11.0 Å². The molecular formula is C12H14N4O2. The van der Waals surface area contributed by atoms with Crippen molar-refractivity contribution in [3.63, 3.8) is 0 Å². The molecule has 1 saturated heterocycles. The Morgan fingerprint density at radius 1 is 1.50 bits per heavy atom. The standard InChI is InChI=1S/C12H14N4O2/c13-8-4-6-15(7-8)11-10(12(17)18)16-5-2-1-3-9(16)14-11/h1-3,5,8H,4,6-7,13H2,(H,17,18). The maximum atomic E-state index is 11.4. The van der Waals surface area contributed by atoms with E-state index in [4.69, 9.17) is 5.73 Å². The van der Waals surface area contributed by atoms with Crippen molar-refractivity contribution in [2.75, 3.05) is 18.0 Å². The number of pyridine rings is 1. The predicted octanol–water partition coefficient (Wildman–Crippen LogP) is 0.570. The van der Waals surface area contributed by atoms with Crippen LogP contribution in [0.3, 0.4) is 0 Å². The minimum Gasteiger partial charge on any atom is -0.476 e. The molecule has 0 aliphatic carbocycles. The van der Waals surface area contributed by atoms with Crippen LogP contribution >= 0.6 is 0 Å². The lowest BCUT2D eigenvalue weighted by Gasteiger charge is -2.15. The fraction of sp³-hybridized carbons (Fsp3) is 0.333. The third kappa shape index (κ3) is 1.62. The van der Waals surface area contributed by atoms with Crippen molar-refractivity contribution in [2.24, 2.45) is 5.73 Å². The zero-order valence-corrected chi connectivity index (χ0v) is 9.78. The van der Waals surface area contributed by atoms with Crippen LogP contribution in [0.5, 0.6) is 0 Å². The summed E-state index contributed by atoms with van der Waals surface area (Å²) in [5.74, 6) is -0.453. The van der Waals surface area contributed by atoms with Crippen LogP contribution in [0.2, 0.25) is 0 Å². The number of rotatable bonds is 2. The first kappa shape index (κ1) is 11.0. The summed E-state index contributed by atoms with van der Waals surface area (Å²) in [5, 5.41) is 9.36. The van der Waals surface area contributed by atoms with Gasteiger partial charge in [0.1, 0.15) is 5.65 Å². The molecular weight excluding hydrogens is 232 g/mol. The number of carbonyl (C=O) groups is 1. The average Bonchev–Trinajstić information content (AvgIpc) is 2.91. The van der Waals surface area contributed by atoms with Crippen molar-refractivity contribution < 1.29 is 9.90 Å². The van der Waals surface area contributed by atoms with Crippen LogP contribution in [-0.4, -0.2) is 39.6 Å². The van der Waals surface area contributed by atoms with E-state index in [1.54, 1.807) is 22.7 Å². The number of aromatic carboxylic acids is 1. The van der Waals surface area contributed by atoms with Crippen LogP contribution < -0.4 is 10.6 Å². The van der Waals surface area contributed by atoms with Gasteiger partial charge in [-0.1, -0.05) is 6.07 Å². The topological polar surface area (TPSA) is 83.9 Å². The highest BCUT2D eigenvalue weighted by Gasteiger charge is 2.27. The Morgan fingerprint density at radius 2 is 2.33 bits per heavy atom. The molecule has 0 amide bonds. The molecule has 0 radical (unpaired) electrons. The van der Waals surface area contributed by atoms with Gasteiger partial charge >= 0.3 is 5.97 Å². The molecule has 0 bridgehead atoms. The summed E-state index contributed by atoms with van der Waals surface area (Å²) in [6, 6.07) is 5.52. The number of hydrogen-bond donors (Lipinski definition) is 2. The number of nitrogens with zero attached hydrogens (tertiary/aromatic N) is 3. The molecule has 0 spiro atoms. The molecule has 1 unspecified atom stereocenters. The Morgan fingerprint density at radius 3 is 3.00 bits per heavy atom. The van der Waals surface area contributed by atoms with Crippen molar-refractivity contribution in [1.29, 1.82) is 0 Å². The Labute approximate surface area is 104 Å². The van der Waals surface area contributed by atoms with Gasteiger partial charge in [-0.2, -0.15) is 0 Å². The second-order valence-corrected chi connectivity index (χ2v) is 4.51. The minimum atomic E-state index is -0.968. The predicted molar refractivity (Wildman–Crippen MR) is 67.0 cm³/mol. The molecule has 18 heavy (non-hydrogen) atoms. The van der Waals surface area contributed by atoms with Gasteiger partial charge in [0.15, 0.2) is 11.5 Å². The van der Waals surface area contributed by atoms with Crippen LogP contribution in [0.4, 0.5) is 5.82 Å². The van der Waals surface area contributed by atoms with Crippen molar-refractivity contribution in [3.8, 4) is 0 Å². The van der Waals surface area contributed by atoms with E-state index in [-0.39, 0.29) is 11.7 Å². The summed E-state index contributed by atoms with van der Waals surface area (Å²) in [6.45, 7) is 1.41. The Kier molecular flexibility index (Phi) is 2.45.